The number of nitrogens with one attached hydrogen (secondary N) is 2. The van der Waals surface area contributed by atoms with Crippen molar-refractivity contribution in [2.24, 2.45) is 0 Å². The van der Waals surface area contributed by atoms with Crippen molar-refractivity contribution in [3.63, 3.8) is 0 Å². The van der Waals surface area contributed by atoms with Crippen LogP contribution in [0.4, 0.5) is 5.82 Å². The van der Waals surface area contributed by atoms with Crippen LogP contribution in [0.15, 0.2) is 54.7 Å². The third-order valence-electron chi connectivity index (χ3n) is 6.76. The Kier molecular flexibility index (Phi) is 10.6. The smallest absolute Gasteiger partial charge is 0.180 e. The number of hydrogen-bond donors (Lipinski definition) is 3. The summed E-state index contributed by atoms with van der Waals surface area (Å²) in [5.74, 6) is 1.18. The molecule has 2 aromatic heterocycles. The number of pyridine rings is 1. The van der Waals surface area contributed by atoms with Gasteiger partial charge in [0.25, 0.3) is 0 Å². The molecule has 0 radical (unpaired) electrons. The van der Waals surface area contributed by atoms with Crippen LogP contribution in [0.1, 0.15) is 30.1 Å². The summed E-state index contributed by atoms with van der Waals surface area (Å²) in [6.45, 7) is 9.90. The average molecular weight is 524 g/mol. The van der Waals surface area contributed by atoms with Crippen molar-refractivity contribution in [1.82, 2.24) is 30.1 Å². The molecule has 0 unspecified atom stereocenters. The molecule has 9 heteroatoms. The van der Waals surface area contributed by atoms with Crippen LogP contribution in [0.3, 0.4) is 0 Å². The maximum atomic E-state index is 9.12. The monoisotopic (exact) mass is 523 g/mol. The van der Waals surface area contributed by atoms with E-state index in [0.717, 1.165) is 70.0 Å². The van der Waals surface area contributed by atoms with Gasteiger partial charge >= 0.3 is 0 Å². The highest BCUT2D eigenvalue weighted by atomic mass is 35.5. The fraction of sp³-hybridized carbons (Fsp3) is 0.464. The largest absolute Gasteiger partial charge is 0.395 e. The number of rotatable bonds is 13. The van der Waals surface area contributed by atoms with E-state index in [1.807, 2.05) is 31.2 Å². The molecule has 1 saturated heterocycles. The van der Waals surface area contributed by atoms with E-state index in [0.29, 0.717) is 23.2 Å². The van der Waals surface area contributed by atoms with Crippen molar-refractivity contribution < 1.29 is 5.11 Å². The number of anilines is 1. The van der Waals surface area contributed by atoms with Gasteiger partial charge in [-0.1, -0.05) is 48.0 Å². The van der Waals surface area contributed by atoms with Crippen molar-refractivity contribution >= 4 is 17.4 Å². The Morgan fingerprint density at radius 2 is 1.68 bits per heavy atom. The van der Waals surface area contributed by atoms with Gasteiger partial charge in [-0.15, -0.1) is 0 Å². The molecule has 3 aromatic rings. The lowest BCUT2D eigenvalue weighted by molar-refractivity contribution is 0.111. The molecule has 37 heavy (non-hydrogen) atoms. The zero-order chi connectivity index (χ0) is 25.9. The third-order valence-corrected chi connectivity index (χ3v) is 7.21. The predicted molar refractivity (Wildman–Crippen MR) is 150 cm³/mol. The first kappa shape index (κ1) is 27.4. The highest BCUT2D eigenvalue weighted by Crippen LogP contribution is 2.26. The van der Waals surface area contributed by atoms with Gasteiger partial charge in [0.1, 0.15) is 16.5 Å². The topological polar surface area (TPSA) is 89.4 Å². The summed E-state index contributed by atoms with van der Waals surface area (Å²) < 4.78 is 0. The van der Waals surface area contributed by atoms with Crippen LogP contribution in [-0.4, -0.2) is 88.8 Å². The van der Waals surface area contributed by atoms with Crippen molar-refractivity contribution in [3.8, 4) is 11.5 Å². The van der Waals surface area contributed by atoms with E-state index in [1.165, 1.54) is 5.56 Å². The van der Waals surface area contributed by atoms with Crippen LogP contribution < -0.4 is 10.6 Å². The van der Waals surface area contributed by atoms with E-state index in [1.54, 1.807) is 6.20 Å². The lowest BCUT2D eigenvalue weighted by Gasteiger charge is -2.34. The summed E-state index contributed by atoms with van der Waals surface area (Å²) in [5.41, 5.74) is 2.67. The molecule has 1 aliphatic rings. The van der Waals surface area contributed by atoms with Crippen LogP contribution in [0, 0.1) is 6.92 Å². The van der Waals surface area contributed by atoms with Gasteiger partial charge in [-0.2, -0.15) is 0 Å². The average Bonchev–Trinajstić information content (AvgIpc) is 2.94. The highest BCUT2D eigenvalue weighted by Gasteiger charge is 2.17. The summed E-state index contributed by atoms with van der Waals surface area (Å²) in [5, 5.41) is 16.8. The third kappa shape index (κ3) is 8.18. The number of aromatic nitrogens is 3. The molecule has 1 atom stereocenters. The minimum atomic E-state index is 0.118. The van der Waals surface area contributed by atoms with Crippen molar-refractivity contribution in [2.75, 3.05) is 64.3 Å². The number of unbranched alkanes of at least 4 members (excludes halogenated alkanes) is 1. The van der Waals surface area contributed by atoms with Gasteiger partial charge < -0.3 is 20.6 Å². The SMILES string of the molecule is Cc1nc(-c2ccccn2)nc(NC[C@H](NCCCCN2CCN(CCO)CC2)c2ccccc2)c1Cl. The minimum absolute atomic E-state index is 0.118. The molecule has 8 nitrogen and oxygen atoms in total. The molecule has 0 bridgehead atoms. The maximum Gasteiger partial charge on any atom is 0.180 e. The van der Waals surface area contributed by atoms with E-state index in [2.05, 4.69) is 59.7 Å². The van der Waals surface area contributed by atoms with E-state index in [9.17, 15) is 0 Å². The number of nitrogens with zero attached hydrogens (tertiary/aromatic N) is 5. The first-order valence-corrected chi connectivity index (χ1v) is 13.5. The molecular weight excluding hydrogens is 486 g/mol. The molecule has 0 aliphatic carbocycles. The Morgan fingerprint density at radius 3 is 2.38 bits per heavy atom. The van der Waals surface area contributed by atoms with Gasteiger partial charge in [-0.25, -0.2) is 9.97 Å². The Labute approximate surface area is 225 Å². The minimum Gasteiger partial charge on any atom is -0.395 e. The molecule has 198 valence electrons. The quantitative estimate of drug-likeness (QED) is 0.293. The Hall–Kier alpha value is -2.62. The van der Waals surface area contributed by atoms with E-state index >= 15 is 0 Å². The second-order valence-corrected chi connectivity index (χ2v) is 9.80. The highest BCUT2D eigenvalue weighted by molar-refractivity contribution is 6.33. The number of benzene rings is 1. The van der Waals surface area contributed by atoms with Gasteiger partial charge in [-0.05, 0) is 50.6 Å². The summed E-state index contributed by atoms with van der Waals surface area (Å²) >= 11 is 6.58. The zero-order valence-electron chi connectivity index (χ0n) is 21.6. The van der Waals surface area contributed by atoms with E-state index in [4.69, 9.17) is 16.7 Å². The number of aliphatic hydroxyl groups is 1. The maximum absolute atomic E-state index is 9.12. The fourth-order valence-electron chi connectivity index (χ4n) is 4.59. The molecule has 3 N–H and O–H groups in total. The van der Waals surface area contributed by atoms with Crippen LogP contribution in [0.5, 0.6) is 0 Å². The van der Waals surface area contributed by atoms with E-state index in [-0.39, 0.29) is 12.6 Å². The lowest BCUT2D eigenvalue weighted by atomic mass is 10.1. The number of halogens is 1. The number of piperazine rings is 1. The number of hydrogen-bond acceptors (Lipinski definition) is 8. The summed E-state index contributed by atoms with van der Waals surface area (Å²) in [6.07, 6.45) is 4.01. The summed E-state index contributed by atoms with van der Waals surface area (Å²) in [6, 6.07) is 16.3. The van der Waals surface area contributed by atoms with Gasteiger partial charge in [-0.3, -0.25) is 9.88 Å². The normalized spacial score (nSPS) is 15.5. The molecule has 3 heterocycles. The second-order valence-electron chi connectivity index (χ2n) is 9.42. The Bertz CT molecular complexity index is 1080. The van der Waals surface area contributed by atoms with Crippen LogP contribution in [-0.2, 0) is 0 Å². The van der Waals surface area contributed by atoms with Crippen LogP contribution >= 0.6 is 11.6 Å². The summed E-state index contributed by atoms with van der Waals surface area (Å²) in [4.78, 5) is 18.5. The molecule has 1 fully saturated rings. The fourth-order valence-corrected chi connectivity index (χ4v) is 4.74. The van der Waals surface area contributed by atoms with Crippen molar-refractivity contribution in [1.29, 1.82) is 0 Å². The number of aliphatic hydroxyl groups excluding tert-OH is 1. The number of aryl methyl sites for hydroxylation is 1. The molecule has 0 saturated carbocycles. The molecule has 1 aliphatic heterocycles. The standard InChI is InChI=1S/C28H38ClN7O/c1-22-26(29)28(34-27(33-22)24-11-5-6-12-30-24)32-21-25(23-9-3-2-4-10-23)31-13-7-8-14-35-15-17-36(18-16-35)19-20-37/h2-6,9-12,25,31,37H,7-8,13-21H2,1H3,(H,32,33,34)/t25-/m0/s1. The van der Waals surface area contributed by atoms with E-state index < -0.39 is 0 Å². The summed E-state index contributed by atoms with van der Waals surface area (Å²) in [7, 11) is 0. The Morgan fingerprint density at radius 1 is 0.946 bits per heavy atom. The van der Waals surface area contributed by atoms with Gasteiger partial charge in [0, 0.05) is 51.5 Å². The lowest BCUT2D eigenvalue weighted by Crippen LogP contribution is -2.47. The van der Waals surface area contributed by atoms with Crippen molar-refractivity contribution in [2.45, 2.75) is 25.8 Å². The molecule has 0 spiro atoms. The molecule has 1 aromatic carbocycles. The van der Waals surface area contributed by atoms with Gasteiger partial charge in [0.15, 0.2) is 5.82 Å². The zero-order valence-corrected chi connectivity index (χ0v) is 22.4. The first-order valence-electron chi connectivity index (χ1n) is 13.2. The molecule has 0 amide bonds. The second kappa shape index (κ2) is 14.4. The molecular formula is C28H38ClN7O. The van der Waals surface area contributed by atoms with Gasteiger partial charge in [0.2, 0.25) is 0 Å². The first-order chi connectivity index (χ1) is 18.1. The van der Waals surface area contributed by atoms with Gasteiger partial charge in [0.05, 0.1) is 12.3 Å². The Balaban J connectivity index is 1.31. The van der Waals surface area contributed by atoms with Crippen molar-refractivity contribution in [3.05, 3.63) is 71.0 Å². The molecule has 4 rings (SSSR count). The predicted octanol–water partition coefficient (Wildman–Crippen LogP) is 3.63. The van der Waals surface area contributed by atoms with Crippen LogP contribution in [0.2, 0.25) is 5.02 Å². The van der Waals surface area contributed by atoms with Crippen LogP contribution in [0.25, 0.3) is 11.5 Å². The number of β-amino-alcohol motifs (C(OH)–C–C–N with tert-alkyl or cyclic N) is 1.